The van der Waals surface area contributed by atoms with Crippen molar-refractivity contribution in [1.29, 1.82) is 0 Å². The van der Waals surface area contributed by atoms with Gasteiger partial charge in [-0.2, -0.15) is 0 Å². The zero-order valence-corrected chi connectivity index (χ0v) is 14.8. The first-order valence-electron chi connectivity index (χ1n) is 8.12. The van der Waals surface area contributed by atoms with Crippen LogP contribution in [0, 0.1) is 0 Å². The smallest absolute Gasteiger partial charge is 0.408 e. The van der Waals surface area contributed by atoms with Crippen LogP contribution in [0.5, 0.6) is 0 Å². The Morgan fingerprint density at radius 3 is 2.33 bits per heavy atom. The molecular formula is C17H23N3O7. The van der Waals surface area contributed by atoms with E-state index in [2.05, 4.69) is 15.4 Å². The predicted octanol–water partition coefficient (Wildman–Crippen LogP) is -0.803. The third-order valence-corrected chi connectivity index (χ3v) is 3.53. The van der Waals surface area contributed by atoms with E-state index < -0.39 is 42.6 Å². The summed E-state index contributed by atoms with van der Waals surface area (Å²) in [4.78, 5) is 46.5. The van der Waals surface area contributed by atoms with Gasteiger partial charge in [0.15, 0.2) is 0 Å². The molecule has 1 aromatic carbocycles. The second-order valence-corrected chi connectivity index (χ2v) is 5.52. The molecule has 148 valence electrons. The lowest BCUT2D eigenvalue weighted by Crippen LogP contribution is -2.54. The molecule has 5 N–H and O–H groups in total. The van der Waals surface area contributed by atoms with E-state index in [4.69, 9.17) is 10.5 Å². The van der Waals surface area contributed by atoms with Crippen molar-refractivity contribution in [3.63, 3.8) is 0 Å². The van der Waals surface area contributed by atoms with Crippen LogP contribution in [0.3, 0.4) is 0 Å². The van der Waals surface area contributed by atoms with Gasteiger partial charge in [0.05, 0.1) is 13.7 Å². The molecule has 10 heteroatoms. The number of aliphatic hydroxyl groups excluding tert-OH is 1. The largest absolute Gasteiger partial charge is 0.469 e. The lowest BCUT2D eigenvalue weighted by molar-refractivity contribution is -0.141. The highest BCUT2D eigenvalue weighted by molar-refractivity contribution is 5.91. The highest BCUT2D eigenvalue weighted by Gasteiger charge is 2.26. The Labute approximate surface area is 156 Å². The van der Waals surface area contributed by atoms with E-state index in [9.17, 15) is 24.3 Å². The summed E-state index contributed by atoms with van der Waals surface area (Å²) in [6.07, 6.45) is -1.14. The Bertz CT molecular complexity index is 651. The number of hydrogen-bond acceptors (Lipinski definition) is 7. The fourth-order valence-electron chi connectivity index (χ4n) is 2.02. The van der Waals surface area contributed by atoms with Gasteiger partial charge in [0, 0.05) is 6.42 Å². The average Bonchev–Trinajstić information content (AvgIpc) is 2.67. The number of nitrogens with one attached hydrogen (secondary N) is 2. The van der Waals surface area contributed by atoms with E-state index in [0.717, 1.165) is 5.56 Å². The van der Waals surface area contributed by atoms with Crippen molar-refractivity contribution in [3.05, 3.63) is 35.9 Å². The number of esters is 1. The number of hydrogen-bond donors (Lipinski definition) is 4. The zero-order valence-electron chi connectivity index (χ0n) is 14.8. The third-order valence-electron chi connectivity index (χ3n) is 3.53. The Hall–Kier alpha value is -3.14. The van der Waals surface area contributed by atoms with Gasteiger partial charge in [-0.25, -0.2) is 4.79 Å². The molecule has 0 spiro atoms. The third kappa shape index (κ3) is 8.19. The number of rotatable bonds is 10. The van der Waals surface area contributed by atoms with Crippen molar-refractivity contribution in [1.82, 2.24) is 10.6 Å². The molecular weight excluding hydrogens is 358 g/mol. The maximum atomic E-state index is 12.1. The summed E-state index contributed by atoms with van der Waals surface area (Å²) >= 11 is 0. The van der Waals surface area contributed by atoms with Crippen LogP contribution in [0.15, 0.2) is 30.3 Å². The number of carbonyl (C=O) groups excluding carboxylic acids is 4. The van der Waals surface area contributed by atoms with Crippen LogP contribution in [0.2, 0.25) is 0 Å². The van der Waals surface area contributed by atoms with E-state index in [1.807, 2.05) is 6.07 Å². The number of methoxy groups -OCH3 is 1. The summed E-state index contributed by atoms with van der Waals surface area (Å²) in [5.74, 6) is -2.28. The first-order chi connectivity index (χ1) is 12.9. The predicted molar refractivity (Wildman–Crippen MR) is 93.0 cm³/mol. The number of amides is 3. The Balaban J connectivity index is 2.54. The Morgan fingerprint density at radius 2 is 1.78 bits per heavy atom. The number of benzene rings is 1. The SMILES string of the molecule is COC(=O)CC[C@@H](NC(=O)[C@H](CO)NC(=O)OCc1ccccc1)C(N)=O. The number of aliphatic hydroxyl groups is 1. The van der Waals surface area contributed by atoms with Gasteiger partial charge in [0.1, 0.15) is 18.7 Å². The minimum Gasteiger partial charge on any atom is -0.469 e. The molecule has 0 bridgehead atoms. The van der Waals surface area contributed by atoms with E-state index in [-0.39, 0.29) is 19.4 Å². The second-order valence-electron chi connectivity index (χ2n) is 5.52. The highest BCUT2D eigenvalue weighted by atomic mass is 16.5. The minimum atomic E-state index is -1.35. The molecule has 0 saturated heterocycles. The molecule has 0 fully saturated rings. The van der Waals surface area contributed by atoms with Crippen molar-refractivity contribution in [3.8, 4) is 0 Å². The van der Waals surface area contributed by atoms with Crippen LogP contribution in [0.4, 0.5) is 4.79 Å². The van der Waals surface area contributed by atoms with E-state index in [1.165, 1.54) is 7.11 Å². The summed E-state index contributed by atoms with van der Waals surface area (Å²) in [5, 5.41) is 13.8. The van der Waals surface area contributed by atoms with Crippen LogP contribution in [0.1, 0.15) is 18.4 Å². The molecule has 27 heavy (non-hydrogen) atoms. The van der Waals surface area contributed by atoms with Crippen molar-refractivity contribution < 1.29 is 33.8 Å². The molecule has 0 radical (unpaired) electrons. The number of carbonyl (C=O) groups is 4. The number of ether oxygens (including phenoxy) is 2. The molecule has 10 nitrogen and oxygen atoms in total. The lowest BCUT2D eigenvalue weighted by Gasteiger charge is -2.20. The minimum absolute atomic E-state index is 0.0184. The normalized spacial score (nSPS) is 12.4. The summed E-state index contributed by atoms with van der Waals surface area (Å²) in [6.45, 7) is -0.746. The monoisotopic (exact) mass is 381 g/mol. The molecule has 0 heterocycles. The van der Waals surface area contributed by atoms with Crippen LogP contribution < -0.4 is 16.4 Å². The molecule has 3 amide bonds. The molecule has 2 atom stereocenters. The van der Waals surface area contributed by atoms with Crippen LogP contribution in [0.25, 0.3) is 0 Å². The van der Waals surface area contributed by atoms with Crippen molar-refractivity contribution in [2.45, 2.75) is 31.5 Å². The molecule has 0 aromatic heterocycles. The zero-order chi connectivity index (χ0) is 20.2. The van der Waals surface area contributed by atoms with Crippen LogP contribution in [-0.2, 0) is 30.5 Å². The summed E-state index contributed by atoms with van der Waals surface area (Å²) in [7, 11) is 1.19. The van der Waals surface area contributed by atoms with E-state index >= 15 is 0 Å². The summed E-state index contributed by atoms with van der Waals surface area (Å²) < 4.78 is 9.42. The Morgan fingerprint density at radius 1 is 1.11 bits per heavy atom. The van der Waals surface area contributed by atoms with Crippen LogP contribution >= 0.6 is 0 Å². The first-order valence-corrected chi connectivity index (χ1v) is 8.12. The van der Waals surface area contributed by atoms with Crippen molar-refractivity contribution >= 4 is 23.9 Å². The maximum Gasteiger partial charge on any atom is 0.408 e. The van der Waals surface area contributed by atoms with E-state index in [0.29, 0.717) is 0 Å². The molecule has 0 aliphatic heterocycles. The van der Waals surface area contributed by atoms with Gasteiger partial charge in [-0.15, -0.1) is 0 Å². The van der Waals surface area contributed by atoms with Crippen molar-refractivity contribution in [2.75, 3.05) is 13.7 Å². The molecule has 0 aliphatic carbocycles. The average molecular weight is 381 g/mol. The topological polar surface area (TPSA) is 157 Å². The fourth-order valence-corrected chi connectivity index (χ4v) is 2.02. The molecule has 0 unspecified atom stereocenters. The molecule has 0 aliphatic rings. The van der Waals surface area contributed by atoms with Gasteiger partial charge in [0.2, 0.25) is 11.8 Å². The highest BCUT2D eigenvalue weighted by Crippen LogP contribution is 2.02. The number of primary amides is 1. The van der Waals surface area contributed by atoms with E-state index in [1.54, 1.807) is 24.3 Å². The molecule has 1 rings (SSSR count). The maximum absolute atomic E-state index is 12.1. The summed E-state index contributed by atoms with van der Waals surface area (Å²) in [5.41, 5.74) is 5.93. The first kappa shape index (κ1) is 21.9. The van der Waals surface area contributed by atoms with Gasteiger partial charge in [-0.1, -0.05) is 30.3 Å². The lowest BCUT2D eigenvalue weighted by atomic mass is 10.1. The van der Waals surface area contributed by atoms with Gasteiger partial charge < -0.3 is 30.9 Å². The van der Waals surface area contributed by atoms with Gasteiger partial charge in [-0.05, 0) is 12.0 Å². The fraction of sp³-hybridized carbons (Fsp3) is 0.412. The van der Waals surface area contributed by atoms with Crippen molar-refractivity contribution in [2.24, 2.45) is 5.73 Å². The van der Waals surface area contributed by atoms with Crippen LogP contribution in [-0.4, -0.2) is 54.8 Å². The molecule has 0 saturated carbocycles. The summed E-state index contributed by atoms with van der Waals surface area (Å²) in [6, 6.07) is 6.36. The van der Waals surface area contributed by atoms with Gasteiger partial charge in [-0.3, -0.25) is 14.4 Å². The van der Waals surface area contributed by atoms with Gasteiger partial charge >= 0.3 is 12.1 Å². The standard InChI is InChI=1S/C17H23N3O7/c1-26-14(22)8-7-12(15(18)23)19-16(24)13(9-21)20-17(25)27-10-11-5-3-2-4-6-11/h2-6,12-13,21H,7-10H2,1H3,(H2,18,23)(H,19,24)(H,20,25)/t12-,13+/m1/s1. The molecule has 1 aromatic rings. The van der Waals surface area contributed by atoms with Gasteiger partial charge in [0.25, 0.3) is 0 Å². The quantitative estimate of drug-likeness (QED) is 0.386. The number of alkyl carbamates (subject to hydrolysis) is 1. The Kier molecular flexibility index (Phi) is 9.30. The second kappa shape index (κ2) is 11.5. The number of nitrogens with two attached hydrogens (primary N) is 1.